The summed E-state index contributed by atoms with van der Waals surface area (Å²) in [7, 11) is 1.85. The minimum atomic E-state index is 0. The smallest absolute Gasteiger partial charge is 0.239 e. The first kappa shape index (κ1) is 14.8. The minimum Gasteiger partial charge on any atom is -0.377 e. The summed E-state index contributed by atoms with van der Waals surface area (Å²) in [6.45, 7) is 10.5. The highest BCUT2D eigenvalue weighted by atomic mass is 35.5. The number of ether oxygens (including phenoxy) is 1. The Kier molecular flexibility index (Phi) is 3.96. The highest BCUT2D eigenvalue weighted by Gasteiger charge is 2.27. The average molecular weight is 587 g/mol. The molecule has 1 atom stereocenters. The summed E-state index contributed by atoms with van der Waals surface area (Å²) in [5.74, 6) is 2.07. The van der Waals surface area contributed by atoms with Crippen molar-refractivity contribution in [2.45, 2.75) is 45.7 Å². The number of aryl methyl sites for hydroxylation is 1. The lowest BCUT2D eigenvalue weighted by Gasteiger charge is -2.34. The molecule has 2 N–H and O–H groups in total. The monoisotopic (exact) mass is 587 g/mol. The van der Waals surface area contributed by atoms with Gasteiger partial charge in [0.1, 0.15) is 5.82 Å². The molecule has 5 heterocycles. The SMILES string of the molecule is CNc1nc2cc(Cl)ccc2n1-c1nc(-c2c(C)nn(C3CCNCC3)c2C)cc(N2CCOC[C@H]2C)n1.[2HH].[2H][2H].[2H][2H].[2H][2H].[2H][2H].[2H][2H].[2H][2H].[2H][2H].[2H][2H].[2H][2H].[2H][2H].[2H][2H].[2H][2H]. The minimum absolute atomic E-state index is 0. The summed E-state index contributed by atoms with van der Waals surface area (Å²) in [6.07, 6.45) is 2.14. The van der Waals surface area contributed by atoms with Crippen LogP contribution >= 0.6 is 11.6 Å². The molecule has 1 aromatic carbocycles. The lowest BCUT2D eigenvalue weighted by molar-refractivity contribution is 0.0985. The number of aromatic nitrogens is 6. The number of anilines is 2. The predicted octanol–water partition coefficient (Wildman–Crippen LogP) is 7.34. The number of nitrogens with zero attached hydrogens (tertiary/aromatic N) is 7. The molecule has 2 aliphatic rings. The largest absolute Gasteiger partial charge is 0.377 e. The Morgan fingerprint density at radius 1 is 1.16 bits per heavy atom. The lowest BCUT2D eigenvalue weighted by Crippen LogP contribution is -2.44. The number of hydrogen-bond donors (Lipinski definition) is 2. The highest BCUT2D eigenvalue weighted by Crippen LogP contribution is 2.34. The topological polar surface area (TPSA) is 98.0 Å². The maximum absolute atomic E-state index is 6.29. The molecule has 0 spiro atoms. The number of halogens is 1. The van der Waals surface area contributed by atoms with Crippen LogP contribution in [-0.4, -0.2) is 75.2 Å². The van der Waals surface area contributed by atoms with Gasteiger partial charge in [-0.3, -0.25) is 4.68 Å². The first-order valence-electron chi connectivity index (χ1n) is 25.3. The number of benzene rings is 1. The van der Waals surface area contributed by atoms with Crippen LogP contribution in [0, 0.1) is 13.8 Å². The third kappa shape index (κ3) is 4.40. The van der Waals surface area contributed by atoms with Crippen molar-refractivity contribution in [3.8, 4) is 17.2 Å². The van der Waals surface area contributed by atoms with Crippen molar-refractivity contribution >= 4 is 34.4 Å². The Morgan fingerprint density at radius 2 is 1.97 bits per heavy atom. The van der Waals surface area contributed by atoms with E-state index in [0.717, 1.165) is 72.0 Å². The van der Waals surface area contributed by atoms with Crippen molar-refractivity contribution in [2.24, 2.45) is 0 Å². The second-order valence-corrected chi connectivity index (χ2v) is 10.6. The zero-order valence-electron chi connectivity index (χ0n) is 46.3. The summed E-state index contributed by atoms with van der Waals surface area (Å²) in [6, 6.07) is 8.38. The van der Waals surface area contributed by atoms with Gasteiger partial charge >= 0.3 is 0 Å². The van der Waals surface area contributed by atoms with E-state index in [0.29, 0.717) is 36.2 Å². The van der Waals surface area contributed by atoms with Gasteiger partial charge in [-0.05, 0) is 64.9 Å². The Hall–Kier alpha value is -3.21. The molecule has 6 rings (SSSR count). The molecular formula is C27H60ClN9O. The van der Waals surface area contributed by atoms with Crippen LogP contribution < -0.4 is 15.5 Å². The van der Waals surface area contributed by atoms with Crippen molar-refractivity contribution in [1.29, 1.82) is 0 Å². The van der Waals surface area contributed by atoms with E-state index in [9.17, 15) is 0 Å². The average Bonchev–Trinajstić information content (AvgIpc) is 3.91. The lowest BCUT2D eigenvalue weighted by atomic mass is 10.1. The van der Waals surface area contributed by atoms with Crippen molar-refractivity contribution < 1.29 is 41.8 Å². The Bertz CT molecular complexity index is 1530. The summed E-state index contributed by atoms with van der Waals surface area (Å²) in [5.41, 5.74) is 5.70. The van der Waals surface area contributed by atoms with Crippen molar-refractivity contribution in [3.63, 3.8) is 0 Å². The van der Waals surface area contributed by atoms with Crippen LogP contribution in [0.2, 0.25) is 5.02 Å². The molecule has 2 aliphatic heterocycles. The van der Waals surface area contributed by atoms with E-state index in [1.165, 1.54) is 0 Å². The van der Waals surface area contributed by atoms with Crippen LogP contribution in [0.3, 0.4) is 0 Å². The molecule has 226 valence electrons. The van der Waals surface area contributed by atoms with Crippen molar-refractivity contribution in [2.75, 3.05) is 50.1 Å². The summed E-state index contributed by atoms with van der Waals surface area (Å²) < 4.78 is 130. The molecule has 3 aromatic heterocycles. The fourth-order valence-corrected chi connectivity index (χ4v) is 5.90. The van der Waals surface area contributed by atoms with Crippen LogP contribution in [0.25, 0.3) is 28.2 Å². The first-order valence-corrected chi connectivity index (χ1v) is 13.7. The zero-order valence-corrected chi connectivity index (χ0v) is 23.1. The molecule has 0 saturated carbocycles. The van der Waals surface area contributed by atoms with Gasteiger partial charge in [-0.15, -0.1) is 0 Å². The van der Waals surface area contributed by atoms with Crippen molar-refractivity contribution in [3.05, 3.63) is 40.7 Å². The number of imidazole rings is 1. The number of rotatable bonds is 5. The number of piperidine rings is 1. The molecule has 2 fully saturated rings. The van der Waals surface area contributed by atoms with E-state index in [-0.39, 0.29) is 7.47 Å². The third-order valence-corrected chi connectivity index (χ3v) is 7.87. The molecule has 38 heavy (non-hydrogen) atoms. The quantitative estimate of drug-likeness (QED) is 0.250. The van der Waals surface area contributed by atoms with E-state index in [1.807, 2.05) is 29.8 Å². The molecule has 0 amide bonds. The predicted molar refractivity (Wildman–Crippen MR) is 178 cm³/mol. The van der Waals surface area contributed by atoms with Gasteiger partial charge in [0.25, 0.3) is 0 Å². The first-order chi connectivity index (χ1) is 30.4. The maximum atomic E-state index is 6.29. The molecule has 11 heteroatoms. The molecule has 2 saturated heterocycles. The standard InChI is InChI=1S/C27H34ClN9O.13H2/c1-16-15-38-12-11-35(16)24-14-22(25-17(2)34-37(18(25)3)20-7-9-30-10-8-20)32-27(33-24)36-23-6-5-19(28)13-21(23)31-26(36)29-4;;;;;;;;;;;;;/h5-6,13-14,16,20,30H,7-12,15H2,1-4H3,(H,29,31);13*1H/t16-;;;;;;;;;;;;;/m1............./s1/i;12*1+1D;1+1. The molecule has 0 unspecified atom stereocenters. The van der Waals surface area contributed by atoms with Crippen LogP contribution in [0.5, 0.6) is 0 Å². The number of morpholine rings is 1. The van der Waals surface area contributed by atoms with Crippen LogP contribution in [0.1, 0.15) is 74.3 Å². The van der Waals surface area contributed by atoms with Gasteiger partial charge in [0.15, 0.2) is 0 Å². The zero-order chi connectivity index (χ0) is 50.4. The fraction of sp³-hybridized carbons (Fsp3) is 0.481. The van der Waals surface area contributed by atoms with Crippen LogP contribution in [0.4, 0.5) is 11.8 Å². The van der Waals surface area contributed by atoms with Crippen LogP contribution in [-0.2, 0) is 4.74 Å². The summed E-state index contributed by atoms with van der Waals surface area (Å²) in [5, 5.41) is 12.3. The van der Waals surface area contributed by atoms with Gasteiger partial charge in [-0.2, -0.15) is 10.1 Å². The van der Waals surface area contributed by atoms with Gasteiger partial charge in [-0.25, -0.2) is 14.5 Å². The molecule has 0 bridgehead atoms. The van der Waals surface area contributed by atoms with E-state index in [1.54, 1.807) is 0 Å². The van der Waals surface area contributed by atoms with Gasteiger partial charge in [0.05, 0.1) is 47.7 Å². The van der Waals surface area contributed by atoms with E-state index < -0.39 is 0 Å². The normalized spacial score (nSPS) is 21.4. The molecule has 0 radical (unpaired) electrons. The van der Waals surface area contributed by atoms with Gasteiger partial charge < -0.3 is 20.3 Å². The van der Waals surface area contributed by atoms with Crippen LogP contribution in [0.15, 0.2) is 24.3 Å². The third-order valence-electron chi connectivity index (χ3n) is 7.64. The summed E-state index contributed by atoms with van der Waals surface area (Å²) >= 11 is 6.29. The summed E-state index contributed by atoms with van der Waals surface area (Å²) in [4.78, 5) is 17.3. The Labute approximate surface area is 265 Å². The van der Waals surface area contributed by atoms with Gasteiger partial charge in [-0.1, -0.05) is 11.6 Å². The molecular weight excluding hydrogens is 502 g/mol. The van der Waals surface area contributed by atoms with Gasteiger partial charge in [0, 0.05) is 73.0 Å². The second-order valence-electron chi connectivity index (χ2n) is 10.2. The Morgan fingerprint density at radius 3 is 2.74 bits per heavy atom. The molecule has 10 nitrogen and oxygen atoms in total. The molecule has 4 aromatic rings. The number of fused-ring (bicyclic) bond motifs is 1. The molecule has 0 aliphatic carbocycles. The fourth-order valence-electron chi connectivity index (χ4n) is 5.73. The van der Waals surface area contributed by atoms with Gasteiger partial charge in [0.2, 0.25) is 11.9 Å². The highest BCUT2D eigenvalue weighted by molar-refractivity contribution is 6.31. The second kappa shape index (κ2) is 10.2. The number of hydrogen-bond acceptors (Lipinski definition) is 8. The van der Waals surface area contributed by atoms with Crippen molar-refractivity contribution in [1.82, 2.24) is 34.6 Å². The van der Waals surface area contributed by atoms with E-state index >= 15 is 0 Å². The maximum Gasteiger partial charge on any atom is 0.239 e. The van der Waals surface area contributed by atoms with E-state index in [2.05, 4.69) is 47.1 Å². The van der Waals surface area contributed by atoms with E-state index in [4.69, 9.17) is 72.0 Å². The number of nitrogens with one attached hydrogen (secondary N) is 2. The Balaban J connectivity index is -0.000000176.